The van der Waals surface area contributed by atoms with E-state index in [-0.39, 0.29) is 28.9 Å². The maximum absolute atomic E-state index is 12.6. The Kier molecular flexibility index (Phi) is 5.45. The maximum Gasteiger partial charge on any atom is 0.220 e. The molecule has 0 saturated carbocycles. The molecule has 6 heteroatoms. The topological polar surface area (TPSA) is 66.5 Å². The van der Waals surface area contributed by atoms with Gasteiger partial charge in [0.25, 0.3) is 0 Å². The lowest BCUT2D eigenvalue weighted by atomic mass is 9.73. The first-order valence-corrected chi connectivity index (χ1v) is 11.2. The molecular formula is C20H30N2O3S. The Morgan fingerprint density at radius 3 is 2.54 bits per heavy atom. The number of fused-ring (bicyclic) bond motifs is 2. The Bertz CT molecular complexity index is 765. The van der Waals surface area contributed by atoms with Crippen LogP contribution in [0.25, 0.3) is 0 Å². The molecule has 3 rings (SSSR count). The van der Waals surface area contributed by atoms with Gasteiger partial charge >= 0.3 is 0 Å². The van der Waals surface area contributed by atoms with Gasteiger partial charge in [-0.1, -0.05) is 38.1 Å². The number of piperidine rings is 1. The van der Waals surface area contributed by atoms with Crippen molar-refractivity contribution < 1.29 is 13.2 Å². The number of carbonyl (C=O) groups is 1. The van der Waals surface area contributed by atoms with Crippen molar-refractivity contribution >= 4 is 15.9 Å². The number of hydrogen-bond acceptors (Lipinski definition) is 3. The number of benzene rings is 1. The highest BCUT2D eigenvalue weighted by Crippen LogP contribution is 2.52. The predicted molar refractivity (Wildman–Crippen MR) is 104 cm³/mol. The van der Waals surface area contributed by atoms with Gasteiger partial charge in [0.1, 0.15) is 0 Å². The molecule has 1 N–H and O–H groups in total. The highest BCUT2D eigenvalue weighted by Gasteiger charge is 2.46. The van der Waals surface area contributed by atoms with Gasteiger partial charge in [0.05, 0.1) is 5.75 Å². The largest absolute Gasteiger partial charge is 0.359 e. The zero-order valence-corrected chi connectivity index (χ0v) is 16.8. The minimum atomic E-state index is -3.17. The van der Waals surface area contributed by atoms with Gasteiger partial charge in [-0.2, -0.15) is 0 Å². The average molecular weight is 379 g/mol. The van der Waals surface area contributed by atoms with E-state index in [1.807, 2.05) is 19.9 Å². The van der Waals surface area contributed by atoms with Gasteiger partial charge in [-0.15, -0.1) is 0 Å². The van der Waals surface area contributed by atoms with Crippen molar-refractivity contribution in [3.05, 3.63) is 35.4 Å². The summed E-state index contributed by atoms with van der Waals surface area (Å²) in [6, 6.07) is 8.42. The number of hydrogen-bond donors (Lipinski definition) is 1. The second-order valence-corrected chi connectivity index (χ2v) is 10.2. The molecule has 1 spiro atoms. The fourth-order valence-electron chi connectivity index (χ4n) is 4.73. The Labute approximate surface area is 157 Å². The van der Waals surface area contributed by atoms with Crippen LogP contribution in [0.15, 0.2) is 24.3 Å². The van der Waals surface area contributed by atoms with Crippen LogP contribution in [0.5, 0.6) is 0 Å². The summed E-state index contributed by atoms with van der Waals surface area (Å²) in [7, 11) is -1.50. The summed E-state index contributed by atoms with van der Waals surface area (Å²) in [4.78, 5) is 11.9. The lowest BCUT2D eigenvalue weighted by molar-refractivity contribution is -0.121. The summed E-state index contributed by atoms with van der Waals surface area (Å²) in [5.74, 6) is 0.652. The molecule has 1 fully saturated rings. The molecular weight excluding hydrogens is 348 g/mol. The Morgan fingerprint density at radius 2 is 1.92 bits per heavy atom. The van der Waals surface area contributed by atoms with Crippen molar-refractivity contribution in [2.75, 3.05) is 25.9 Å². The van der Waals surface area contributed by atoms with E-state index in [0.29, 0.717) is 19.5 Å². The van der Waals surface area contributed by atoms with Gasteiger partial charge in [0, 0.05) is 26.6 Å². The Morgan fingerprint density at radius 1 is 1.27 bits per heavy atom. The lowest BCUT2D eigenvalue weighted by Crippen LogP contribution is -2.45. The molecule has 26 heavy (non-hydrogen) atoms. The molecule has 1 atom stereocenters. The quantitative estimate of drug-likeness (QED) is 0.856. The normalized spacial score (nSPS) is 22.5. The first-order chi connectivity index (χ1) is 12.3. The predicted octanol–water partition coefficient (Wildman–Crippen LogP) is 2.63. The second kappa shape index (κ2) is 7.31. The van der Waals surface area contributed by atoms with E-state index in [1.165, 1.54) is 11.1 Å². The second-order valence-electron chi connectivity index (χ2n) is 8.22. The molecule has 0 aromatic heterocycles. The highest BCUT2D eigenvalue weighted by atomic mass is 32.2. The summed E-state index contributed by atoms with van der Waals surface area (Å²) >= 11 is 0. The van der Waals surface area contributed by atoms with Crippen LogP contribution in [-0.2, 0) is 20.2 Å². The maximum atomic E-state index is 12.6. The smallest absolute Gasteiger partial charge is 0.220 e. The van der Waals surface area contributed by atoms with E-state index < -0.39 is 10.0 Å². The van der Waals surface area contributed by atoms with Gasteiger partial charge in [-0.25, -0.2) is 12.7 Å². The van der Waals surface area contributed by atoms with Crippen molar-refractivity contribution in [1.82, 2.24) is 9.62 Å². The third-order valence-electron chi connectivity index (χ3n) is 5.94. The molecule has 1 saturated heterocycles. The standard InChI is InChI=1S/C20H30N2O3S/c1-15(2)14-26(24,25)22-10-8-20(9-11-22)13-16(12-19(23)21-3)17-6-4-5-7-18(17)20/h4-7,15-16H,8-14H2,1-3H3,(H,21,23)/t16-/m1/s1. The molecule has 1 aromatic carbocycles. The summed E-state index contributed by atoms with van der Waals surface area (Å²) in [6.45, 7) is 5.05. The van der Waals surface area contributed by atoms with Gasteiger partial charge < -0.3 is 5.32 Å². The fourth-order valence-corrected chi connectivity index (χ4v) is 6.52. The van der Waals surface area contributed by atoms with Crippen LogP contribution < -0.4 is 5.32 Å². The average Bonchev–Trinajstić information content (AvgIpc) is 2.88. The molecule has 2 aliphatic rings. The summed E-state index contributed by atoms with van der Waals surface area (Å²) in [5, 5.41) is 2.73. The van der Waals surface area contributed by atoms with E-state index in [4.69, 9.17) is 0 Å². The SMILES string of the molecule is CNC(=O)C[C@@H]1CC2(CCN(S(=O)(=O)CC(C)C)CC2)c2ccccc21. The first-order valence-electron chi connectivity index (χ1n) is 9.55. The molecule has 0 bridgehead atoms. The van der Waals surface area contributed by atoms with Crippen LogP contribution in [0.4, 0.5) is 0 Å². The molecule has 1 heterocycles. The van der Waals surface area contributed by atoms with Crippen LogP contribution in [0.2, 0.25) is 0 Å². The number of rotatable bonds is 5. The molecule has 0 unspecified atom stereocenters. The first kappa shape index (κ1) is 19.4. The molecule has 0 radical (unpaired) electrons. The van der Waals surface area contributed by atoms with Crippen molar-refractivity contribution in [2.45, 2.75) is 50.9 Å². The Balaban J connectivity index is 1.79. The van der Waals surface area contributed by atoms with Crippen molar-refractivity contribution in [2.24, 2.45) is 5.92 Å². The number of carbonyl (C=O) groups excluding carboxylic acids is 1. The van der Waals surface area contributed by atoms with Crippen molar-refractivity contribution in [3.8, 4) is 0 Å². The molecule has 1 aliphatic carbocycles. The number of sulfonamides is 1. The number of nitrogens with zero attached hydrogens (tertiary/aromatic N) is 1. The number of nitrogens with one attached hydrogen (secondary N) is 1. The van der Waals surface area contributed by atoms with E-state index in [9.17, 15) is 13.2 Å². The molecule has 5 nitrogen and oxygen atoms in total. The van der Waals surface area contributed by atoms with Gasteiger partial charge in [0.2, 0.25) is 15.9 Å². The minimum absolute atomic E-state index is 0.0130. The summed E-state index contributed by atoms with van der Waals surface area (Å²) in [6.07, 6.45) is 3.12. The van der Waals surface area contributed by atoms with E-state index in [0.717, 1.165) is 19.3 Å². The van der Waals surface area contributed by atoms with Gasteiger partial charge in [-0.05, 0) is 47.6 Å². The van der Waals surface area contributed by atoms with Gasteiger partial charge in [-0.3, -0.25) is 4.79 Å². The monoisotopic (exact) mass is 378 g/mol. The van der Waals surface area contributed by atoms with Crippen LogP contribution in [0.1, 0.15) is 56.6 Å². The molecule has 1 amide bonds. The van der Waals surface area contributed by atoms with Gasteiger partial charge in [0.15, 0.2) is 0 Å². The molecule has 1 aromatic rings. The zero-order valence-electron chi connectivity index (χ0n) is 16.0. The lowest BCUT2D eigenvalue weighted by Gasteiger charge is -2.40. The van der Waals surface area contributed by atoms with E-state index >= 15 is 0 Å². The third-order valence-corrected chi connectivity index (χ3v) is 8.18. The fraction of sp³-hybridized carbons (Fsp3) is 0.650. The zero-order chi connectivity index (χ0) is 18.9. The minimum Gasteiger partial charge on any atom is -0.359 e. The molecule has 144 valence electrons. The van der Waals surface area contributed by atoms with Crippen LogP contribution in [-0.4, -0.2) is 44.5 Å². The highest BCUT2D eigenvalue weighted by molar-refractivity contribution is 7.89. The molecule has 1 aliphatic heterocycles. The van der Waals surface area contributed by atoms with E-state index in [1.54, 1.807) is 11.4 Å². The Hall–Kier alpha value is -1.40. The van der Waals surface area contributed by atoms with Crippen LogP contribution in [0, 0.1) is 5.92 Å². The summed E-state index contributed by atoms with van der Waals surface area (Å²) in [5.41, 5.74) is 2.61. The van der Waals surface area contributed by atoms with E-state index in [2.05, 4.69) is 23.5 Å². The summed E-state index contributed by atoms with van der Waals surface area (Å²) < 4.78 is 26.8. The van der Waals surface area contributed by atoms with Crippen LogP contribution >= 0.6 is 0 Å². The number of amides is 1. The third kappa shape index (κ3) is 3.67. The van der Waals surface area contributed by atoms with Crippen molar-refractivity contribution in [1.29, 1.82) is 0 Å². The van der Waals surface area contributed by atoms with Crippen molar-refractivity contribution in [3.63, 3.8) is 0 Å². The van der Waals surface area contributed by atoms with Crippen LogP contribution in [0.3, 0.4) is 0 Å².